The normalized spacial score (nSPS) is 13.5. The Morgan fingerprint density at radius 3 is 1.75 bits per heavy atom. The first-order valence-electron chi connectivity index (χ1n) is 33.4. The molecular formula is C67H114N6O17S. The van der Waals surface area contributed by atoms with Crippen LogP contribution in [0.3, 0.4) is 0 Å². The molecule has 0 aliphatic carbocycles. The van der Waals surface area contributed by atoms with Gasteiger partial charge in [-0.05, 0) is 87.8 Å². The van der Waals surface area contributed by atoms with E-state index in [4.69, 9.17) is 40.4 Å². The lowest BCUT2D eigenvalue weighted by Gasteiger charge is -2.27. The molecule has 0 aromatic heterocycles. The predicted molar refractivity (Wildman–Crippen MR) is 351 cm³/mol. The zero-order chi connectivity index (χ0) is 67.7. The fourth-order valence-electron chi connectivity index (χ4n) is 10.6. The van der Waals surface area contributed by atoms with Gasteiger partial charge in [0, 0.05) is 87.6 Å². The Morgan fingerprint density at radius 1 is 0.593 bits per heavy atom. The van der Waals surface area contributed by atoms with E-state index < -0.39 is 51.7 Å². The van der Waals surface area contributed by atoms with Gasteiger partial charge in [-0.15, -0.1) is 0 Å². The zero-order valence-electron chi connectivity index (χ0n) is 55.1. The summed E-state index contributed by atoms with van der Waals surface area (Å²) in [6.07, 6.45) is 19.2. The number of primary amides is 1. The minimum Gasteiger partial charge on any atom is -0.508 e. The maximum atomic E-state index is 14.4. The van der Waals surface area contributed by atoms with Gasteiger partial charge in [0.05, 0.1) is 44.6 Å². The van der Waals surface area contributed by atoms with Crippen molar-refractivity contribution in [2.24, 2.45) is 41.1 Å². The second-order valence-corrected chi connectivity index (χ2v) is 25.9. The number of nitrogens with two attached hydrogens (primary N) is 2. The summed E-state index contributed by atoms with van der Waals surface area (Å²) < 4.78 is 52.2. The molecule has 0 saturated carbocycles. The molecule has 520 valence electrons. The van der Waals surface area contributed by atoms with Crippen molar-refractivity contribution < 1.29 is 80.5 Å². The molecule has 0 bridgehead atoms. The van der Waals surface area contributed by atoms with Crippen LogP contribution in [-0.4, -0.2) is 154 Å². The highest BCUT2D eigenvalue weighted by Crippen LogP contribution is 2.31. The zero-order valence-corrected chi connectivity index (χ0v) is 55.9. The fourth-order valence-corrected chi connectivity index (χ4v) is 11.1. The molecule has 23 nitrogen and oxygen atoms in total. The number of ketones is 4. The van der Waals surface area contributed by atoms with E-state index in [1.54, 1.807) is 19.1 Å². The molecule has 0 aliphatic rings. The molecule has 24 heteroatoms. The lowest BCUT2D eigenvalue weighted by molar-refractivity contribution is -0.139. The summed E-state index contributed by atoms with van der Waals surface area (Å²) >= 11 is 0. The molecule has 1 aromatic carbocycles. The lowest BCUT2D eigenvalue weighted by Crippen LogP contribution is -2.37. The van der Waals surface area contributed by atoms with Crippen LogP contribution in [0.4, 0.5) is 0 Å². The number of hydrogen-bond donors (Lipinski definition) is 9. The molecule has 1 aromatic rings. The van der Waals surface area contributed by atoms with E-state index in [9.17, 15) is 57.0 Å². The third-order valence-corrected chi connectivity index (χ3v) is 17.0. The minimum atomic E-state index is -3.85. The second-order valence-electron chi connectivity index (χ2n) is 24.3. The number of carbonyl (C=O) groups is 8. The fraction of sp³-hybridized carbons (Fsp3) is 0.746. The predicted octanol–water partition coefficient (Wildman–Crippen LogP) is 8.83. The molecule has 0 radical (unpaired) electrons. The molecule has 91 heavy (non-hydrogen) atoms. The van der Waals surface area contributed by atoms with Crippen molar-refractivity contribution in [2.75, 3.05) is 71.7 Å². The summed E-state index contributed by atoms with van der Waals surface area (Å²) in [4.78, 5) is 103. The summed E-state index contributed by atoms with van der Waals surface area (Å²) in [5.41, 5.74) is 12.7. The Morgan fingerprint density at radius 2 is 1.15 bits per heavy atom. The Balaban J connectivity index is 2.28. The average Bonchev–Trinajstić information content (AvgIpc) is 1.76. The number of unbranched alkanes of at least 4 members (excludes halogenated alkanes) is 14. The van der Waals surface area contributed by atoms with E-state index >= 15 is 0 Å². The van der Waals surface area contributed by atoms with Crippen LogP contribution in [0, 0.1) is 35.0 Å². The van der Waals surface area contributed by atoms with Gasteiger partial charge >= 0.3 is 5.97 Å². The van der Waals surface area contributed by atoms with E-state index in [0.717, 1.165) is 57.8 Å². The summed E-state index contributed by atoms with van der Waals surface area (Å²) in [6, 6.07) is 5.36. The van der Waals surface area contributed by atoms with E-state index in [-0.39, 0.29) is 150 Å². The standard InChI is InChI=1S/C67H114N6O17S/c1-5-50(2)44-58(76)46-54(65(80)52(4)59(27-18-19-28-62(68)69)61(77)47-55(66(70)81)45-53-29-31-56(74)32-30-53)25-20-21-35-71-64(79)49-90-42-39-87-37-23-26-57(75)48-89-41-40-88-38-36-72-63(78)34-33-60(67(82)83)73-51(3)24-17-15-13-11-9-7-6-8-10-12-14-16-22-43-91(84,85)86/h29-32,50,52,54-55,59-60,73-74H,3,5-28,33-49H2,1-2,4H3,(H3,68,69)(H2,70,81)(H,71,79)(H,72,78)(H,82,83)(H,84,85,86)/t50?,52?,54-,55-,59-,60+/m1/s1. The van der Waals surface area contributed by atoms with Crippen molar-refractivity contribution in [2.45, 2.75) is 219 Å². The number of phenols is 1. The molecule has 0 spiro atoms. The number of aliphatic carboxylic acids is 1. The SMILES string of the molecule is C=C(CCCCCCCCCCCCCCCS(=O)(=O)O)N[C@@H](CCC(=O)NCCOCCOCC(=O)CCCOCCOCC(=O)NCCCC[C@H](CC(=O)CC(C)CC)C(=O)C(C)[C@@H](CCCCC(=N)N)C(=O)C[C@@H](Cc1ccc(O)cc1)C(N)=O)C(=O)O. The van der Waals surface area contributed by atoms with Gasteiger partial charge in [-0.1, -0.05) is 129 Å². The molecule has 6 atom stereocenters. The lowest BCUT2D eigenvalue weighted by atomic mass is 9.75. The number of amidine groups is 1. The van der Waals surface area contributed by atoms with Crippen LogP contribution >= 0.6 is 0 Å². The van der Waals surface area contributed by atoms with E-state index in [1.807, 2.05) is 13.8 Å². The third-order valence-electron chi connectivity index (χ3n) is 16.2. The smallest absolute Gasteiger partial charge is 0.326 e. The maximum absolute atomic E-state index is 14.4. The van der Waals surface area contributed by atoms with Crippen molar-refractivity contribution in [1.82, 2.24) is 16.0 Å². The Bertz CT molecular complexity index is 2390. The van der Waals surface area contributed by atoms with Crippen molar-refractivity contribution >= 4 is 62.8 Å². The Kier molecular flexibility index (Phi) is 47.4. The van der Waals surface area contributed by atoms with Gasteiger partial charge in [0.2, 0.25) is 17.7 Å². The number of carboxylic acids is 1. The van der Waals surface area contributed by atoms with Gasteiger partial charge in [0.25, 0.3) is 10.1 Å². The van der Waals surface area contributed by atoms with Gasteiger partial charge in [0.1, 0.15) is 42.4 Å². The quantitative estimate of drug-likeness (QED) is 0.0127. The highest BCUT2D eigenvalue weighted by Gasteiger charge is 2.36. The number of hydrogen-bond acceptors (Lipinski definition) is 17. The number of carboxylic acid groups (broad SMARTS) is 1. The van der Waals surface area contributed by atoms with Crippen LogP contribution in [-0.2, 0) is 73.8 Å². The molecule has 2 unspecified atom stereocenters. The van der Waals surface area contributed by atoms with Crippen molar-refractivity contribution in [3.63, 3.8) is 0 Å². The largest absolute Gasteiger partial charge is 0.508 e. The van der Waals surface area contributed by atoms with Crippen LogP contribution in [0.5, 0.6) is 5.75 Å². The molecule has 0 fully saturated rings. The number of carbonyl (C=O) groups excluding carboxylic acids is 7. The van der Waals surface area contributed by atoms with Crippen molar-refractivity contribution in [1.29, 1.82) is 5.41 Å². The summed E-state index contributed by atoms with van der Waals surface area (Å²) in [5.74, 6) is -5.92. The molecular weight excluding hydrogens is 1190 g/mol. The molecule has 0 saturated heterocycles. The Hall–Kier alpha value is -5.66. The monoisotopic (exact) mass is 1310 g/mol. The number of phenolic OH excluding ortho intramolecular Hbond substituents is 1. The molecule has 0 heterocycles. The van der Waals surface area contributed by atoms with Crippen molar-refractivity contribution in [3.8, 4) is 5.75 Å². The van der Waals surface area contributed by atoms with E-state index in [1.165, 1.54) is 37.8 Å². The maximum Gasteiger partial charge on any atom is 0.326 e. The first-order chi connectivity index (χ1) is 43.4. The first-order valence-corrected chi connectivity index (χ1v) is 35.0. The molecule has 11 N–H and O–H groups in total. The number of nitrogens with one attached hydrogen (secondary N) is 4. The van der Waals surface area contributed by atoms with Crippen molar-refractivity contribution in [3.05, 3.63) is 42.1 Å². The number of benzene rings is 1. The average molecular weight is 1310 g/mol. The third kappa shape index (κ3) is 46.1. The number of aromatic hydroxyl groups is 1. The molecule has 1 rings (SSSR count). The summed E-state index contributed by atoms with van der Waals surface area (Å²) in [6.45, 7) is 11.2. The van der Waals surface area contributed by atoms with E-state index in [2.05, 4.69) is 22.5 Å². The van der Waals surface area contributed by atoms with Gasteiger partial charge in [-0.25, -0.2) is 4.79 Å². The van der Waals surface area contributed by atoms with Gasteiger partial charge in [-0.2, -0.15) is 8.42 Å². The minimum absolute atomic E-state index is 0.0151. The summed E-state index contributed by atoms with van der Waals surface area (Å²) in [7, 11) is -3.85. The van der Waals surface area contributed by atoms with Gasteiger partial charge in [-0.3, -0.25) is 43.5 Å². The van der Waals surface area contributed by atoms with Crippen LogP contribution in [0.15, 0.2) is 36.5 Å². The number of amides is 3. The van der Waals surface area contributed by atoms with Crippen LogP contribution in [0.25, 0.3) is 0 Å². The molecule has 0 aliphatic heterocycles. The number of ether oxygens (including phenoxy) is 4. The Labute approximate surface area is 542 Å². The van der Waals surface area contributed by atoms with Gasteiger partial charge in [0.15, 0.2) is 5.78 Å². The highest BCUT2D eigenvalue weighted by atomic mass is 32.2. The number of rotatable bonds is 63. The molecule has 3 amide bonds. The first kappa shape index (κ1) is 83.4. The van der Waals surface area contributed by atoms with Gasteiger partial charge < -0.3 is 56.6 Å². The second kappa shape index (κ2) is 51.8. The van der Waals surface area contributed by atoms with Crippen LogP contribution in [0.1, 0.15) is 213 Å². The number of allylic oxidation sites excluding steroid dienone is 1. The number of Topliss-reactive ketones (excluding diaryl/α,β-unsaturated/α-hetero) is 4. The van der Waals surface area contributed by atoms with Crippen LogP contribution in [0.2, 0.25) is 0 Å². The highest BCUT2D eigenvalue weighted by molar-refractivity contribution is 7.85. The van der Waals surface area contributed by atoms with E-state index in [0.29, 0.717) is 95.0 Å². The van der Waals surface area contributed by atoms with Crippen LogP contribution < -0.4 is 27.4 Å². The summed E-state index contributed by atoms with van der Waals surface area (Å²) in [5, 5.41) is 35.6. The topological polar surface area (TPSA) is 380 Å².